The topological polar surface area (TPSA) is 82.2 Å². The molecule has 5 nitrogen and oxygen atoms in total. The van der Waals surface area contributed by atoms with Gasteiger partial charge in [0.1, 0.15) is 5.69 Å². The quantitative estimate of drug-likeness (QED) is 0.755. The fourth-order valence-electron chi connectivity index (χ4n) is 2.37. The summed E-state index contributed by atoms with van der Waals surface area (Å²) in [4.78, 5) is 9.07. The van der Waals surface area contributed by atoms with Crippen molar-refractivity contribution in [2.75, 3.05) is 6.54 Å². The molecule has 6 heteroatoms. The van der Waals surface area contributed by atoms with Gasteiger partial charge in [-0.2, -0.15) is 0 Å². The lowest BCUT2D eigenvalue weighted by atomic mass is 10.1. The van der Waals surface area contributed by atoms with Gasteiger partial charge in [0.2, 0.25) is 0 Å². The maximum absolute atomic E-state index is 6.05. The molecule has 0 saturated carbocycles. The molecule has 0 spiro atoms. The highest BCUT2D eigenvalue weighted by molar-refractivity contribution is 5.85. The van der Waals surface area contributed by atoms with E-state index in [1.807, 2.05) is 25.3 Å². The highest BCUT2D eigenvalue weighted by Gasteiger charge is 2.16. The Bertz CT molecular complexity index is 765. The van der Waals surface area contributed by atoms with Crippen LogP contribution in [0.3, 0.4) is 0 Å². The van der Waals surface area contributed by atoms with Gasteiger partial charge in [0.25, 0.3) is 0 Å². The maximum Gasteiger partial charge on any atom is 0.160 e. The number of nitrogens with two attached hydrogens (primary N) is 2. The zero-order chi connectivity index (χ0) is 13.6. The normalized spacial score (nSPS) is 12.6. The number of halogens is 1. The predicted molar refractivity (Wildman–Crippen MR) is 83.2 cm³/mol. The first-order valence-corrected chi connectivity index (χ1v) is 6.32. The number of hydrogen-bond acceptors (Lipinski definition) is 4. The molecule has 1 atom stereocenters. The molecule has 0 amide bonds. The molecule has 0 aliphatic heterocycles. The lowest BCUT2D eigenvalue weighted by Gasteiger charge is -2.13. The molecule has 20 heavy (non-hydrogen) atoms. The number of aromatic nitrogens is 3. The van der Waals surface area contributed by atoms with E-state index in [1.165, 1.54) is 5.56 Å². The molecule has 0 bridgehead atoms. The lowest BCUT2D eigenvalue weighted by Crippen LogP contribution is -2.23. The van der Waals surface area contributed by atoms with Gasteiger partial charge in [-0.05, 0) is 31.5 Å². The molecule has 4 N–H and O–H groups in total. The summed E-state index contributed by atoms with van der Waals surface area (Å²) in [5.74, 6) is 0. The third-order valence-electron chi connectivity index (χ3n) is 3.39. The number of rotatable bonds is 2. The third-order valence-corrected chi connectivity index (χ3v) is 3.39. The minimum atomic E-state index is -0.296. The summed E-state index contributed by atoms with van der Waals surface area (Å²) in [5, 5.41) is 0. The number of aryl methyl sites for hydroxylation is 2. The zero-order valence-corrected chi connectivity index (χ0v) is 12.3. The summed E-state index contributed by atoms with van der Waals surface area (Å²) in [6.45, 7) is 4.45. The van der Waals surface area contributed by atoms with Crippen molar-refractivity contribution in [1.29, 1.82) is 0 Å². The van der Waals surface area contributed by atoms with Crippen LogP contribution in [0.15, 0.2) is 24.4 Å². The Kier molecular flexibility index (Phi) is 3.94. The van der Waals surface area contributed by atoms with E-state index >= 15 is 0 Å². The highest BCUT2D eigenvalue weighted by Crippen LogP contribution is 2.23. The number of imidazole rings is 1. The summed E-state index contributed by atoms with van der Waals surface area (Å²) in [7, 11) is 0. The summed E-state index contributed by atoms with van der Waals surface area (Å²) in [6.07, 6.45) is 1.84. The van der Waals surface area contributed by atoms with Gasteiger partial charge in [-0.25, -0.2) is 9.97 Å². The lowest BCUT2D eigenvalue weighted by molar-refractivity contribution is 0.715. The smallest absolute Gasteiger partial charge is 0.160 e. The van der Waals surface area contributed by atoms with Crippen LogP contribution in [0, 0.1) is 13.8 Å². The van der Waals surface area contributed by atoms with Crippen molar-refractivity contribution in [3.05, 3.63) is 41.3 Å². The average molecular weight is 292 g/mol. The Morgan fingerprint density at radius 2 is 2.05 bits per heavy atom. The van der Waals surface area contributed by atoms with Crippen LogP contribution in [-0.2, 0) is 0 Å². The van der Waals surface area contributed by atoms with Gasteiger partial charge in [0.05, 0.1) is 17.1 Å². The Balaban J connectivity index is 0.00000147. The minimum absolute atomic E-state index is 0. The summed E-state index contributed by atoms with van der Waals surface area (Å²) in [6, 6.07) is 5.87. The van der Waals surface area contributed by atoms with E-state index in [0.717, 1.165) is 28.1 Å². The second kappa shape index (κ2) is 5.36. The molecular formula is C14H18ClN5. The number of fused-ring (bicyclic) bond motifs is 3. The van der Waals surface area contributed by atoms with E-state index in [0.29, 0.717) is 6.54 Å². The molecular weight excluding hydrogens is 274 g/mol. The molecule has 1 aromatic carbocycles. The Hall–Kier alpha value is -1.69. The molecule has 3 aromatic rings. The first-order valence-electron chi connectivity index (χ1n) is 6.32. The largest absolute Gasteiger partial charge is 0.329 e. The van der Waals surface area contributed by atoms with E-state index in [1.54, 1.807) is 0 Å². The fourth-order valence-corrected chi connectivity index (χ4v) is 2.37. The van der Waals surface area contributed by atoms with Crippen LogP contribution in [0.1, 0.15) is 23.0 Å². The van der Waals surface area contributed by atoms with Crippen molar-refractivity contribution in [3.8, 4) is 0 Å². The van der Waals surface area contributed by atoms with Gasteiger partial charge >= 0.3 is 0 Å². The number of benzene rings is 1. The molecule has 2 heterocycles. The van der Waals surface area contributed by atoms with Gasteiger partial charge in [-0.15, -0.1) is 12.4 Å². The minimum Gasteiger partial charge on any atom is -0.329 e. The van der Waals surface area contributed by atoms with E-state index in [2.05, 4.69) is 27.4 Å². The molecule has 2 aromatic heterocycles. The number of hydrogen-bond donors (Lipinski definition) is 2. The van der Waals surface area contributed by atoms with E-state index in [-0.39, 0.29) is 18.4 Å². The van der Waals surface area contributed by atoms with Gasteiger partial charge < -0.3 is 11.5 Å². The first-order chi connectivity index (χ1) is 9.11. The molecule has 0 fully saturated rings. The monoisotopic (exact) mass is 291 g/mol. The third kappa shape index (κ3) is 2.14. The maximum atomic E-state index is 6.05. The molecule has 106 valence electrons. The molecule has 1 unspecified atom stereocenters. The molecule has 0 aliphatic rings. The standard InChI is InChI=1S/C14H17N5.ClH/c1-8-3-4-11-12(5-8)19-9(2)7-17-14(19)13(18-11)10(16)6-15;/h3-5,7,10H,6,15-16H2,1-2H3;1H. The summed E-state index contributed by atoms with van der Waals surface area (Å²) >= 11 is 0. The Morgan fingerprint density at radius 3 is 2.75 bits per heavy atom. The predicted octanol–water partition coefficient (Wildman–Crippen LogP) is 1.88. The SMILES string of the molecule is Cc1ccc2nc(C(N)CN)c3ncc(C)n3c2c1.Cl. The van der Waals surface area contributed by atoms with Crippen LogP contribution in [0.2, 0.25) is 0 Å². The zero-order valence-electron chi connectivity index (χ0n) is 11.5. The Labute approximate surface area is 123 Å². The second-order valence-electron chi connectivity index (χ2n) is 4.89. The van der Waals surface area contributed by atoms with Gasteiger partial charge in [-0.1, -0.05) is 6.07 Å². The van der Waals surface area contributed by atoms with Crippen molar-refractivity contribution < 1.29 is 0 Å². The van der Waals surface area contributed by atoms with Gasteiger partial charge in [0.15, 0.2) is 5.65 Å². The molecule has 0 radical (unpaired) electrons. The molecule has 0 aliphatic carbocycles. The second-order valence-corrected chi connectivity index (χ2v) is 4.89. The van der Waals surface area contributed by atoms with Crippen LogP contribution < -0.4 is 11.5 Å². The first kappa shape index (κ1) is 14.7. The van der Waals surface area contributed by atoms with Crippen LogP contribution in [-0.4, -0.2) is 20.9 Å². The molecule has 0 saturated heterocycles. The van der Waals surface area contributed by atoms with Gasteiger partial charge in [0, 0.05) is 18.4 Å². The van der Waals surface area contributed by atoms with Crippen LogP contribution in [0.25, 0.3) is 16.7 Å². The average Bonchev–Trinajstić information content (AvgIpc) is 2.80. The van der Waals surface area contributed by atoms with Crippen molar-refractivity contribution in [1.82, 2.24) is 14.4 Å². The van der Waals surface area contributed by atoms with E-state index < -0.39 is 0 Å². The van der Waals surface area contributed by atoms with Crippen LogP contribution >= 0.6 is 12.4 Å². The van der Waals surface area contributed by atoms with Crippen molar-refractivity contribution in [2.24, 2.45) is 11.5 Å². The molecule has 3 rings (SSSR count). The van der Waals surface area contributed by atoms with E-state index in [9.17, 15) is 0 Å². The Morgan fingerprint density at radius 1 is 1.30 bits per heavy atom. The fraction of sp³-hybridized carbons (Fsp3) is 0.286. The number of nitrogens with zero attached hydrogens (tertiary/aromatic N) is 3. The van der Waals surface area contributed by atoms with Crippen LogP contribution in [0.4, 0.5) is 0 Å². The van der Waals surface area contributed by atoms with Crippen molar-refractivity contribution >= 4 is 29.1 Å². The summed E-state index contributed by atoms with van der Waals surface area (Å²) in [5.41, 5.74) is 17.5. The van der Waals surface area contributed by atoms with Gasteiger partial charge in [-0.3, -0.25) is 4.40 Å². The van der Waals surface area contributed by atoms with E-state index in [4.69, 9.17) is 11.5 Å². The highest BCUT2D eigenvalue weighted by atomic mass is 35.5. The summed E-state index contributed by atoms with van der Waals surface area (Å²) < 4.78 is 2.10. The van der Waals surface area contributed by atoms with Crippen LogP contribution in [0.5, 0.6) is 0 Å². The van der Waals surface area contributed by atoms with Crippen molar-refractivity contribution in [3.63, 3.8) is 0 Å². The van der Waals surface area contributed by atoms with Crippen molar-refractivity contribution in [2.45, 2.75) is 19.9 Å².